The summed E-state index contributed by atoms with van der Waals surface area (Å²) < 4.78 is 26.7. The maximum atomic E-state index is 14.5. The first-order valence-corrected chi connectivity index (χ1v) is 18.2. The third-order valence-corrected chi connectivity index (χ3v) is 10.2. The van der Waals surface area contributed by atoms with Gasteiger partial charge in [0.05, 0.1) is 46.2 Å². The van der Waals surface area contributed by atoms with Crippen molar-refractivity contribution in [3.8, 4) is 17.2 Å². The third-order valence-electron chi connectivity index (χ3n) is 7.69. The highest BCUT2D eigenvalue weighted by Gasteiger charge is 2.35. The number of rotatable bonds is 10. The van der Waals surface area contributed by atoms with Crippen LogP contribution in [0.3, 0.4) is 0 Å². The fourth-order valence-electron chi connectivity index (χ4n) is 5.54. The van der Waals surface area contributed by atoms with Gasteiger partial charge in [0.15, 0.2) is 16.3 Å². The number of fused-ring (bicyclic) bond motifs is 1. The second-order valence-electron chi connectivity index (χ2n) is 10.8. The number of hydrogen-bond donors (Lipinski definition) is 0. The lowest BCUT2D eigenvalue weighted by Crippen LogP contribution is -2.40. The molecule has 1 atom stereocenters. The zero-order valence-corrected chi connectivity index (χ0v) is 31.9. The van der Waals surface area contributed by atoms with Gasteiger partial charge >= 0.3 is 5.97 Å². The fourth-order valence-corrected chi connectivity index (χ4v) is 8.45. The Bertz CT molecular complexity index is 2270. The maximum absolute atomic E-state index is 14.5. The zero-order valence-electron chi connectivity index (χ0n) is 26.5. The topological polar surface area (TPSA) is 88.4 Å². The monoisotopic (exact) mass is 870 g/mol. The summed E-state index contributed by atoms with van der Waals surface area (Å²) in [5.41, 5.74) is 3.28. The lowest BCUT2D eigenvalue weighted by atomic mass is 9.93. The smallest absolute Gasteiger partial charge is 0.338 e. The van der Waals surface area contributed by atoms with Gasteiger partial charge in [0, 0.05) is 20.6 Å². The summed E-state index contributed by atoms with van der Waals surface area (Å²) in [4.78, 5) is 33.7. The molecular formula is C37H29BrClIN2O6S. The number of aromatic nitrogens is 1. The van der Waals surface area contributed by atoms with Crippen molar-refractivity contribution in [3.63, 3.8) is 0 Å². The van der Waals surface area contributed by atoms with E-state index in [9.17, 15) is 9.59 Å². The molecule has 0 saturated heterocycles. The molecule has 2 heterocycles. The fraction of sp³-hybridized carbons (Fsp3) is 0.162. The van der Waals surface area contributed by atoms with Gasteiger partial charge in [0.1, 0.15) is 12.4 Å². The number of esters is 1. The highest BCUT2D eigenvalue weighted by Crippen LogP contribution is 2.39. The van der Waals surface area contributed by atoms with Crippen LogP contribution in [-0.2, 0) is 16.1 Å². The minimum Gasteiger partial charge on any atom is -0.493 e. The number of nitrogens with zero attached hydrogens (tertiary/aromatic N) is 2. The molecule has 49 heavy (non-hydrogen) atoms. The van der Waals surface area contributed by atoms with Crippen molar-refractivity contribution in [2.45, 2.75) is 19.6 Å². The Morgan fingerprint density at radius 1 is 1.02 bits per heavy atom. The summed E-state index contributed by atoms with van der Waals surface area (Å²) in [5, 5.41) is 0.619. The third kappa shape index (κ3) is 7.35. The number of hydrogen-bond acceptors (Lipinski definition) is 8. The Morgan fingerprint density at radius 3 is 2.51 bits per heavy atom. The predicted molar refractivity (Wildman–Crippen MR) is 203 cm³/mol. The van der Waals surface area contributed by atoms with E-state index in [1.165, 1.54) is 18.4 Å². The Balaban J connectivity index is 1.58. The van der Waals surface area contributed by atoms with Crippen molar-refractivity contribution in [2.75, 3.05) is 20.8 Å². The molecule has 0 saturated carbocycles. The number of methoxy groups -OCH3 is 2. The first kappa shape index (κ1) is 34.9. The SMILES string of the molecule is CCOC(=O)C1=C(c2ccccc2)N=c2s/c(=C\c3cc(Br)cc(I)c3OCc3cccc(Cl)c3)c(=O)n2[C@H]1c1ccc(OC)c(OC)c1. The van der Waals surface area contributed by atoms with Crippen LogP contribution in [0.15, 0.2) is 105 Å². The van der Waals surface area contributed by atoms with Crippen molar-refractivity contribution in [1.82, 2.24) is 4.57 Å². The van der Waals surface area contributed by atoms with E-state index >= 15 is 0 Å². The molecule has 0 amide bonds. The molecule has 4 aromatic carbocycles. The molecule has 8 nitrogen and oxygen atoms in total. The van der Waals surface area contributed by atoms with E-state index in [-0.39, 0.29) is 24.3 Å². The second-order valence-corrected chi connectivity index (χ2v) is 14.3. The molecule has 5 aromatic rings. The van der Waals surface area contributed by atoms with Crippen LogP contribution in [0.5, 0.6) is 17.2 Å². The normalized spacial score (nSPS) is 14.2. The molecule has 0 radical (unpaired) electrons. The Morgan fingerprint density at radius 2 is 1.80 bits per heavy atom. The molecule has 0 spiro atoms. The van der Waals surface area contributed by atoms with Crippen molar-refractivity contribution < 1.29 is 23.7 Å². The van der Waals surface area contributed by atoms with E-state index in [1.54, 1.807) is 36.8 Å². The summed E-state index contributed by atoms with van der Waals surface area (Å²) in [6.45, 7) is 2.17. The van der Waals surface area contributed by atoms with Gasteiger partial charge in [-0.15, -0.1) is 0 Å². The van der Waals surface area contributed by atoms with E-state index in [2.05, 4.69) is 38.5 Å². The zero-order chi connectivity index (χ0) is 34.7. The van der Waals surface area contributed by atoms with Crippen molar-refractivity contribution >= 4 is 79.2 Å². The highest BCUT2D eigenvalue weighted by atomic mass is 127. The van der Waals surface area contributed by atoms with Gasteiger partial charge in [-0.3, -0.25) is 9.36 Å². The van der Waals surface area contributed by atoms with Crippen LogP contribution in [0.25, 0.3) is 11.8 Å². The number of carbonyl (C=O) groups is 1. The summed E-state index contributed by atoms with van der Waals surface area (Å²) >= 11 is 13.3. The van der Waals surface area contributed by atoms with E-state index < -0.39 is 12.0 Å². The van der Waals surface area contributed by atoms with E-state index in [1.807, 2.05) is 72.8 Å². The predicted octanol–water partition coefficient (Wildman–Crippen LogP) is 7.55. The maximum Gasteiger partial charge on any atom is 0.338 e. The Labute approximate surface area is 313 Å². The van der Waals surface area contributed by atoms with Gasteiger partial charge in [-0.05, 0) is 83.1 Å². The van der Waals surface area contributed by atoms with E-state index in [0.29, 0.717) is 54.0 Å². The van der Waals surface area contributed by atoms with Crippen LogP contribution in [0, 0.1) is 3.57 Å². The molecule has 0 N–H and O–H groups in total. The first-order valence-electron chi connectivity index (χ1n) is 15.1. The van der Waals surface area contributed by atoms with E-state index in [4.69, 9.17) is 35.5 Å². The lowest BCUT2D eigenvalue weighted by molar-refractivity contribution is -0.138. The van der Waals surface area contributed by atoms with Crippen molar-refractivity contribution in [3.05, 3.63) is 146 Å². The minimum atomic E-state index is -0.881. The summed E-state index contributed by atoms with van der Waals surface area (Å²) in [6, 6.07) is 25.2. The van der Waals surface area contributed by atoms with Crippen LogP contribution in [0.2, 0.25) is 5.02 Å². The summed E-state index contributed by atoms with van der Waals surface area (Å²) in [7, 11) is 3.09. The van der Waals surface area contributed by atoms with Gasteiger partial charge in [-0.1, -0.05) is 87.4 Å². The number of halogens is 3. The molecule has 0 bridgehead atoms. The van der Waals surface area contributed by atoms with E-state index in [0.717, 1.165) is 13.6 Å². The average Bonchev–Trinajstić information content (AvgIpc) is 3.41. The summed E-state index contributed by atoms with van der Waals surface area (Å²) in [5.74, 6) is 1.01. The number of ether oxygens (including phenoxy) is 4. The molecule has 0 unspecified atom stereocenters. The Kier molecular flexibility index (Phi) is 10.9. The van der Waals surface area contributed by atoms with Gasteiger partial charge in [-0.2, -0.15) is 0 Å². The molecule has 12 heteroatoms. The van der Waals surface area contributed by atoms with Crippen LogP contribution in [-0.4, -0.2) is 31.4 Å². The highest BCUT2D eigenvalue weighted by molar-refractivity contribution is 14.1. The number of benzene rings is 4. The molecule has 1 aliphatic heterocycles. The molecule has 250 valence electrons. The quantitative estimate of drug-likeness (QED) is 0.107. The van der Waals surface area contributed by atoms with Gasteiger partial charge in [0.2, 0.25) is 0 Å². The molecule has 0 fully saturated rings. The molecule has 1 aliphatic rings. The van der Waals surface area contributed by atoms with Crippen LogP contribution in [0.1, 0.15) is 35.2 Å². The molecule has 6 rings (SSSR count). The number of thiazole rings is 1. The minimum absolute atomic E-state index is 0.146. The average molecular weight is 872 g/mol. The molecular weight excluding hydrogens is 843 g/mol. The van der Waals surface area contributed by atoms with Gasteiger partial charge in [0.25, 0.3) is 5.56 Å². The van der Waals surface area contributed by atoms with Crippen molar-refractivity contribution in [1.29, 1.82) is 0 Å². The molecule has 0 aliphatic carbocycles. The van der Waals surface area contributed by atoms with Crippen LogP contribution in [0.4, 0.5) is 0 Å². The standard InChI is InChI=1S/C37H29BrClIN2O6S/c1-4-47-36(44)31-32(22-10-6-5-7-11-22)41-37-42(33(31)23-13-14-28(45-2)29(17-23)46-3)35(43)30(49-37)18-24-16-25(38)19-27(40)34(24)48-20-21-9-8-12-26(39)15-21/h5-19,33H,4,20H2,1-3H3/b30-18-/t33-/m0/s1. The lowest BCUT2D eigenvalue weighted by Gasteiger charge is -2.26. The number of carbonyl (C=O) groups excluding carboxylic acids is 1. The largest absolute Gasteiger partial charge is 0.493 e. The van der Waals surface area contributed by atoms with Crippen LogP contribution < -0.4 is 29.1 Å². The van der Waals surface area contributed by atoms with Gasteiger partial charge < -0.3 is 18.9 Å². The first-order chi connectivity index (χ1) is 23.7. The Hall–Kier alpha value is -3.91. The van der Waals surface area contributed by atoms with Gasteiger partial charge in [-0.25, -0.2) is 9.79 Å². The van der Waals surface area contributed by atoms with Crippen LogP contribution >= 0.6 is 61.5 Å². The summed E-state index contributed by atoms with van der Waals surface area (Å²) in [6.07, 6.45) is 1.80. The van der Waals surface area contributed by atoms with Crippen molar-refractivity contribution in [2.24, 2.45) is 4.99 Å². The second kappa shape index (κ2) is 15.3. The molecule has 1 aromatic heterocycles.